The second-order valence-electron chi connectivity index (χ2n) is 4.25. The normalized spacial score (nSPS) is 13.1. The van der Waals surface area contributed by atoms with E-state index in [4.69, 9.17) is 5.73 Å². The first-order valence-corrected chi connectivity index (χ1v) is 8.16. The van der Waals surface area contributed by atoms with Crippen molar-refractivity contribution in [3.8, 4) is 0 Å². The molecule has 7 heteroatoms. The largest absolute Gasteiger partial charge is 0.383 e. The Labute approximate surface area is 126 Å². The van der Waals surface area contributed by atoms with E-state index in [1.54, 1.807) is 6.92 Å². The van der Waals surface area contributed by atoms with E-state index in [0.717, 1.165) is 10.0 Å². The molecule has 1 unspecified atom stereocenters. The van der Waals surface area contributed by atoms with E-state index in [1.165, 1.54) is 18.3 Å². The molecule has 1 atom stereocenters. The summed E-state index contributed by atoms with van der Waals surface area (Å²) in [6, 6.07) is 10.0. The van der Waals surface area contributed by atoms with Crippen molar-refractivity contribution in [2.75, 3.05) is 5.73 Å². The molecular weight excluding hydrogens is 342 g/mol. The maximum atomic E-state index is 12.3. The van der Waals surface area contributed by atoms with Gasteiger partial charge in [0.15, 0.2) is 0 Å². The van der Waals surface area contributed by atoms with Gasteiger partial charge in [-0.1, -0.05) is 34.1 Å². The minimum absolute atomic E-state index is 0.0145. The number of nitrogens with one attached hydrogen (secondary N) is 1. The third-order valence-electron chi connectivity index (χ3n) is 2.79. The van der Waals surface area contributed by atoms with Gasteiger partial charge in [-0.25, -0.2) is 18.1 Å². The van der Waals surface area contributed by atoms with Crippen LogP contribution < -0.4 is 10.5 Å². The molecule has 1 aromatic heterocycles. The number of nitrogens with zero attached hydrogens (tertiary/aromatic N) is 1. The lowest BCUT2D eigenvalue weighted by molar-refractivity contribution is 0.566. The van der Waals surface area contributed by atoms with Crippen LogP contribution in [0.2, 0.25) is 0 Å². The maximum Gasteiger partial charge on any atom is 0.244 e. The van der Waals surface area contributed by atoms with Crippen molar-refractivity contribution in [2.45, 2.75) is 17.9 Å². The number of benzene rings is 1. The number of hydrogen-bond donors (Lipinski definition) is 2. The highest BCUT2D eigenvalue weighted by molar-refractivity contribution is 9.10. The molecule has 1 heterocycles. The van der Waals surface area contributed by atoms with Gasteiger partial charge in [0.2, 0.25) is 10.0 Å². The lowest BCUT2D eigenvalue weighted by atomic mass is 10.1. The summed E-state index contributed by atoms with van der Waals surface area (Å²) in [6.07, 6.45) is 1.45. The number of nitrogens with two attached hydrogens (primary N) is 1. The molecule has 0 spiro atoms. The van der Waals surface area contributed by atoms with Crippen LogP contribution in [0.4, 0.5) is 5.82 Å². The Bertz CT molecular complexity index is 719. The Balaban J connectivity index is 2.30. The van der Waals surface area contributed by atoms with Crippen LogP contribution in [-0.4, -0.2) is 13.4 Å². The fourth-order valence-corrected chi connectivity index (χ4v) is 3.75. The minimum atomic E-state index is -3.71. The second kappa shape index (κ2) is 5.90. The monoisotopic (exact) mass is 355 g/mol. The average molecular weight is 356 g/mol. The molecule has 0 aliphatic rings. The van der Waals surface area contributed by atoms with Crippen LogP contribution in [0.1, 0.15) is 18.5 Å². The van der Waals surface area contributed by atoms with Gasteiger partial charge in [0.05, 0.1) is 0 Å². The van der Waals surface area contributed by atoms with Crippen molar-refractivity contribution in [3.63, 3.8) is 0 Å². The number of pyridine rings is 1. The summed E-state index contributed by atoms with van der Waals surface area (Å²) in [5, 5.41) is 0. The highest BCUT2D eigenvalue weighted by Gasteiger charge is 2.22. The van der Waals surface area contributed by atoms with E-state index < -0.39 is 16.1 Å². The van der Waals surface area contributed by atoms with Gasteiger partial charge < -0.3 is 5.73 Å². The van der Waals surface area contributed by atoms with E-state index in [9.17, 15) is 8.42 Å². The van der Waals surface area contributed by atoms with Crippen molar-refractivity contribution in [1.29, 1.82) is 0 Å². The van der Waals surface area contributed by atoms with Crippen molar-refractivity contribution in [2.24, 2.45) is 0 Å². The molecule has 0 aliphatic heterocycles. The fraction of sp³-hybridized carbons (Fsp3) is 0.154. The van der Waals surface area contributed by atoms with Gasteiger partial charge in [-0.2, -0.15) is 0 Å². The highest BCUT2D eigenvalue weighted by Crippen LogP contribution is 2.25. The lowest BCUT2D eigenvalue weighted by Crippen LogP contribution is -2.28. The van der Waals surface area contributed by atoms with Gasteiger partial charge in [0.1, 0.15) is 10.7 Å². The number of hydrogen-bond acceptors (Lipinski definition) is 4. The Morgan fingerprint density at radius 2 is 1.95 bits per heavy atom. The molecule has 0 saturated carbocycles. The van der Waals surface area contributed by atoms with E-state index >= 15 is 0 Å². The van der Waals surface area contributed by atoms with Crippen molar-refractivity contribution >= 4 is 31.8 Å². The molecule has 0 fully saturated rings. The summed E-state index contributed by atoms with van der Waals surface area (Å²) in [7, 11) is -3.71. The smallest absolute Gasteiger partial charge is 0.244 e. The average Bonchev–Trinajstić information content (AvgIpc) is 2.38. The zero-order chi connectivity index (χ0) is 14.8. The number of halogens is 1. The Kier molecular flexibility index (Phi) is 4.42. The number of sulfonamides is 1. The zero-order valence-corrected chi connectivity index (χ0v) is 13.1. The quantitative estimate of drug-likeness (QED) is 0.881. The summed E-state index contributed by atoms with van der Waals surface area (Å²) in [5.74, 6) is -0.0145. The minimum Gasteiger partial charge on any atom is -0.383 e. The van der Waals surface area contributed by atoms with Crippen molar-refractivity contribution in [1.82, 2.24) is 9.71 Å². The second-order valence-corrected chi connectivity index (χ2v) is 6.79. The Morgan fingerprint density at radius 1 is 1.25 bits per heavy atom. The number of nitrogen functional groups attached to an aromatic ring is 1. The van der Waals surface area contributed by atoms with Crippen molar-refractivity contribution in [3.05, 3.63) is 52.6 Å². The molecule has 0 amide bonds. The topological polar surface area (TPSA) is 85.1 Å². The molecular formula is C13H14BrN3O2S. The standard InChI is InChI=1S/C13H14BrN3O2S/c1-9(10-5-2-3-6-11(10)14)17-20(18,19)12-7-4-8-16-13(12)15/h2-9,17H,1H3,(H2,15,16). The number of aromatic nitrogens is 1. The van der Waals surface area contributed by atoms with E-state index in [-0.39, 0.29) is 10.7 Å². The lowest BCUT2D eigenvalue weighted by Gasteiger charge is -2.16. The molecule has 0 bridgehead atoms. The van der Waals surface area contributed by atoms with Gasteiger partial charge in [-0.3, -0.25) is 0 Å². The number of anilines is 1. The third-order valence-corrected chi connectivity index (χ3v) is 5.10. The van der Waals surface area contributed by atoms with Gasteiger partial charge >= 0.3 is 0 Å². The van der Waals surface area contributed by atoms with Crippen LogP contribution >= 0.6 is 15.9 Å². The summed E-state index contributed by atoms with van der Waals surface area (Å²) < 4.78 is 28.0. The van der Waals surface area contributed by atoms with Crippen LogP contribution in [0.25, 0.3) is 0 Å². The van der Waals surface area contributed by atoms with Crippen LogP contribution in [0.3, 0.4) is 0 Å². The fourth-order valence-electron chi connectivity index (χ4n) is 1.82. The summed E-state index contributed by atoms with van der Waals surface area (Å²) in [4.78, 5) is 3.78. The summed E-state index contributed by atoms with van der Waals surface area (Å²) >= 11 is 3.40. The molecule has 20 heavy (non-hydrogen) atoms. The van der Waals surface area contributed by atoms with Gasteiger partial charge in [0, 0.05) is 16.7 Å². The van der Waals surface area contributed by atoms with Crippen LogP contribution in [0, 0.1) is 0 Å². The van der Waals surface area contributed by atoms with Gasteiger partial charge in [-0.05, 0) is 30.7 Å². The Morgan fingerprint density at radius 3 is 2.60 bits per heavy atom. The summed E-state index contributed by atoms with van der Waals surface area (Å²) in [5.41, 5.74) is 6.46. The van der Waals surface area contributed by atoms with Crippen LogP contribution in [0.5, 0.6) is 0 Å². The SMILES string of the molecule is CC(NS(=O)(=O)c1cccnc1N)c1ccccc1Br. The molecule has 0 saturated heterocycles. The molecule has 2 rings (SSSR count). The van der Waals surface area contributed by atoms with Crippen LogP contribution in [0.15, 0.2) is 52.0 Å². The van der Waals surface area contributed by atoms with E-state index in [2.05, 4.69) is 25.6 Å². The first-order chi connectivity index (χ1) is 9.42. The predicted octanol–water partition coefficient (Wildman–Crippen LogP) is 2.47. The molecule has 1 aromatic carbocycles. The van der Waals surface area contributed by atoms with Gasteiger partial charge in [0.25, 0.3) is 0 Å². The third kappa shape index (κ3) is 3.17. The first kappa shape index (κ1) is 15.0. The zero-order valence-electron chi connectivity index (χ0n) is 10.7. The predicted molar refractivity (Wildman–Crippen MR) is 81.5 cm³/mol. The molecule has 3 N–H and O–H groups in total. The van der Waals surface area contributed by atoms with E-state index in [0.29, 0.717) is 0 Å². The van der Waals surface area contributed by atoms with Gasteiger partial charge in [-0.15, -0.1) is 0 Å². The summed E-state index contributed by atoms with van der Waals surface area (Å²) in [6.45, 7) is 1.77. The molecule has 0 radical (unpaired) electrons. The maximum absolute atomic E-state index is 12.3. The first-order valence-electron chi connectivity index (χ1n) is 5.89. The number of rotatable bonds is 4. The molecule has 106 valence electrons. The molecule has 5 nitrogen and oxygen atoms in total. The van der Waals surface area contributed by atoms with Crippen LogP contribution in [-0.2, 0) is 10.0 Å². The molecule has 0 aliphatic carbocycles. The Hall–Kier alpha value is -1.44. The van der Waals surface area contributed by atoms with Crippen molar-refractivity contribution < 1.29 is 8.42 Å². The highest BCUT2D eigenvalue weighted by atomic mass is 79.9. The molecule has 2 aromatic rings. The van der Waals surface area contributed by atoms with E-state index in [1.807, 2.05) is 24.3 Å².